The minimum absolute atomic E-state index is 0.238. The molecular weight excluding hydrogens is 330 g/mol. The van der Waals surface area contributed by atoms with Gasteiger partial charge >= 0.3 is 5.97 Å². The Hall–Kier alpha value is -3.08. The van der Waals surface area contributed by atoms with Crippen molar-refractivity contribution in [2.75, 3.05) is 14.2 Å². The Bertz CT molecular complexity index is 979. The lowest BCUT2D eigenvalue weighted by Crippen LogP contribution is -2.01. The molecule has 5 nitrogen and oxygen atoms in total. The quantitative estimate of drug-likeness (QED) is 0.719. The van der Waals surface area contributed by atoms with E-state index < -0.39 is 5.97 Å². The van der Waals surface area contributed by atoms with Crippen LogP contribution in [0.15, 0.2) is 42.5 Å². The molecule has 0 atom stereocenters. The number of fused-ring (bicyclic) bond motifs is 1. The van der Waals surface area contributed by atoms with E-state index in [0.717, 1.165) is 11.1 Å². The van der Waals surface area contributed by atoms with Crippen LogP contribution in [0.5, 0.6) is 11.5 Å². The summed E-state index contributed by atoms with van der Waals surface area (Å²) < 4.78 is 10.6. The van der Waals surface area contributed by atoms with E-state index in [1.165, 1.54) is 0 Å². The zero-order chi connectivity index (χ0) is 18.8. The summed E-state index contributed by atoms with van der Waals surface area (Å²) in [5.41, 5.74) is 3.31. The van der Waals surface area contributed by atoms with E-state index >= 15 is 0 Å². The summed E-state index contributed by atoms with van der Waals surface area (Å²) in [6, 6.07) is 12.8. The first-order chi connectivity index (χ1) is 12.4. The van der Waals surface area contributed by atoms with Crippen molar-refractivity contribution in [1.29, 1.82) is 0 Å². The van der Waals surface area contributed by atoms with E-state index in [2.05, 4.69) is 18.8 Å². The van der Waals surface area contributed by atoms with Crippen LogP contribution in [0.4, 0.5) is 0 Å². The molecule has 0 saturated heterocycles. The van der Waals surface area contributed by atoms with Crippen LogP contribution in [0.25, 0.3) is 22.2 Å². The van der Waals surface area contributed by atoms with Crippen molar-refractivity contribution in [1.82, 2.24) is 4.98 Å². The molecule has 134 valence electrons. The number of methoxy groups -OCH3 is 2. The fourth-order valence-corrected chi connectivity index (χ4v) is 2.92. The number of aromatic nitrogens is 1. The van der Waals surface area contributed by atoms with Gasteiger partial charge in [0.25, 0.3) is 0 Å². The maximum absolute atomic E-state index is 11.8. The highest BCUT2D eigenvalue weighted by Crippen LogP contribution is 2.33. The van der Waals surface area contributed by atoms with Crippen molar-refractivity contribution in [3.05, 3.63) is 53.6 Å². The van der Waals surface area contributed by atoms with Crippen molar-refractivity contribution in [2.45, 2.75) is 19.8 Å². The minimum atomic E-state index is -0.972. The van der Waals surface area contributed by atoms with Gasteiger partial charge < -0.3 is 14.6 Å². The van der Waals surface area contributed by atoms with Crippen molar-refractivity contribution in [2.24, 2.45) is 0 Å². The van der Waals surface area contributed by atoms with Gasteiger partial charge in [0.15, 0.2) is 11.5 Å². The molecule has 0 radical (unpaired) electrons. The maximum Gasteiger partial charge on any atom is 0.336 e. The number of carbonyl (C=O) groups is 1. The van der Waals surface area contributed by atoms with Crippen molar-refractivity contribution in [3.63, 3.8) is 0 Å². The fourth-order valence-electron chi connectivity index (χ4n) is 2.92. The highest BCUT2D eigenvalue weighted by atomic mass is 16.5. The fraction of sp³-hybridized carbons (Fsp3) is 0.238. The highest BCUT2D eigenvalue weighted by molar-refractivity contribution is 6.04. The molecule has 0 fully saturated rings. The summed E-state index contributed by atoms with van der Waals surface area (Å²) in [6.45, 7) is 4.15. The number of carboxylic acids is 1. The number of ether oxygens (including phenoxy) is 2. The maximum atomic E-state index is 11.8. The average molecular weight is 351 g/mol. The number of hydrogen-bond acceptors (Lipinski definition) is 4. The normalized spacial score (nSPS) is 11.0. The zero-order valence-corrected chi connectivity index (χ0v) is 15.2. The molecule has 0 aliphatic carbocycles. The second kappa shape index (κ2) is 7.04. The molecule has 2 aromatic carbocycles. The molecule has 0 aliphatic rings. The number of benzene rings is 2. The topological polar surface area (TPSA) is 68.7 Å². The summed E-state index contributed by atoms with van der Waals surface area (Å²) in [7, 11) is 3.13. The van der Waals surface area contributed by atoms with Gasteiger partial charge in [0.1, 0.15) is 0 Å². The van der Waals surface area contributed by atoms with Crippen molar-refractivity contribution >= 4 is 16.9 Å². The third kappa shape index (κ3) is 3.20. The third-order valence-electron chi connectivity index (χ3n) is 4.41. The predicted molar refractivity (Wildman–Crippen MR) is 101 cm³/mol. The number of aromatic carboxylic acids is 1. The number of nitrogens with zero attached hydrogens (tertiary/aromatic N) is 1. The second-order valence-electron chi connectivity index (χ2n) is 6.36. The van der Waals surface area contributed by atoms with E-state index in [1.807, 2.05) is 24.3 Å². The Labute approximate surface area is 152 Å². The Morgan fingerprint density at radius 2 is 1.73 bits per heavy atom. The molecule has 5 heteroatoms. The summed E-state index contributed by atoms with van der Waals surface area (Å²) in [5, 5.41) is 10.3. The zero-order valence-electron chi connectivity index (χ0n) is 15.2. The lowest BCUT2D eigenvalue weighted by atomic mass is 9.97. The van der Waals surface area contributed by atoms with E-state index in [-0.39, 0.29) is 5.56 Å². The largest absolute Gasteiger partial charge is 0.493 e. The lowest BCUT2D eigenvalue weighted by molar-refractivity contribution is 0.0699. The van der Waals surface area contributed by atoms with Gasteiger partial charge in [-0.05, 0) is 47.9 Å². The predicted octanol–water partition coefficient (Wildman–Crippen LogP) is 4.74. The Morgan fingerprint density at radius 1 is 1.00 bits per heavy atom. The number of pyridine rings is 1. The summed E-state index contributed by atoms with van der Waals surface area (Å²) in [6.07, 6.45) is 0. The molecule has 0 saturated carbocycles. The van der Waals surface area contributed by atoms with Gasteiger partial charge in [-0.3, -0.25) is 0 Å². The van der Waals surface area contributed by atoms with Crippen LogP contribution in [-0.4, -0.2) is 30.3 Å². The van der Waals surface area contributed by atoms with Crippen molar-refractivity contribution < 1.29 is 19.4 Å². The minimum Gasteiger partial charge on any atom is -0.493 e. The molecule has 1 N–H and O–H groups in total. The number of carboxylic acid groups (broad SMARTS) is 1. The SMILES string of the molecule is COc1ccc(-c2cc(C(=O)O)c3cc(C(C)C)ccc3n2)cc1OC. The molecule has 0 aliphatic heterocycles. The van der Waals surface area contributed by atoms with Crippen LogP contribution in [0.1, 0.15) is 35.7 Å². The van der Waals surface area contributed by atoms with E-state index in [1.54, 1.807) is 32.4 Å². The molecule has 0 amide bonds. The third-order valence-corrected chi connectivity index (χ3v) is 4.41. The highest BCUT2D eigenvalue weighted by Gasteiger charge is 2.15. The van der Waals surface area contributed by atoms with E-state index in [0.29, 0.717) is 34.0 Å². The van der Waals surface area contributed by atoms with Crippen LogP contribution in [0.3, 0.4) is 0 Å². The van der Waals surface area contributed by atoms with Crippen LogP contribution >= 0.6 is 0 Å². The molecule has 0 bridgehead atoms. The Balaban J connectivity index is 2.22. The van der Waals surface area contributed by atoms with Crippen molar-refractivity contribution in [3.8, 4) is 22.8 Å². The van der Waals surface area contributed by atoms with Gasteiger partial charge in [0.05, 0.1) is 31.0 Å². The van der Waals surface area contributed by atoms with Gasteiger partial charge in [-0.15, -0.1) is 0 Å². The smallest absolute Gasteiger partial charge is 0.336 e. The summed E-state index contributed by atoms with van der Waals surface area (Å²) in [5.74, 6) is 0.516. The molecule has 3 rings (SSSR count). The van der Waals surface area contributed by atoms with Crippen LogP contribution in [0, 0.1) is 0 Å². The standard InChI is InChI=1S/C21H21NO4/c1-12(2)13-5-7-17-15(9-13)16(21(23)24)11-18(22-17)14-6-8-19(25-3)20(10-14)26-4/h5-12H,1-4H3,(H,23,24). The molecule has 0 unspecified atom stereocenters. The van der Waals surface area contributed by atoms with Gasteiger partial charge in [0.2, 0.25) is 0 Å². The molecular formula is C21H21NO4. The molecule has 26 heavy (non-hydrogen) atoms. The van der Waals surface area contributed by atoms with Gasteiger partial charge in [-0.1, -0.05) is 19.9 Å². The molecule has 0 spiro atoms. The Morgan fingerprint density at radius 3 is 2.35 bits per heavy atom. The summed E-state index contributed by atoms with van der Waals surface area (Å²) in [4.78, 5) is 16.5. The van der Waals surface area contributed by atoms with Crippen LogP contribution < -0.4 is 9.47 Å². The first-order valence-electron chi connectivity index (χ1n) is 8.35. The van der Waals surface area contributed by atoms with Gasteiger partial charge in [-0.2, -0.15) is 0 Å². The Kier molecular flexibility index (Phi) is 4.80. The first kappa shape index (κ1) is 17.7. The van der Waals surface area contributed by atoms with E-state index in [4.69, 9.17) is 9.47 Å². The average Bonchev–Trinajstić information content (AvgIpc) is 2.65. The molecule has 3 aromatic rings. The second-order valence-corrected chi connectivity index (χ2v) is 6.36. The van der Waals surface area contributed by atoms with Gasteiger partial charge in [-0.25, -0.2) is 9.78 Å². The summed E-state index contributed by atoms with van der Waals surface area (Å²) >= 11 is 0. The van der Waals surface area contributed by atoms with Crippen LogP contribution in [0.2, 0.25) is 0 Å². The number of rotatable bonds is 5. The first-order valence-corrected chi connectivity index (χ1v) is 8.35. The van der Waals surface area contributed by atoms with E-state index in [9.17, 15) is 9.90 Å². The lowest BCUT2D eigenvalue weighted by Gasteiger charge is -2.12. The monoisotopic (exact) mass is 351 g/mol. The molecule has 1 heterocycles. The van der Waals surface area contributed by atoms with Gasteiger partial charge in [0, 0.05) is 10.9 Å². The number of hydrogen-bond donors (Lipinski definition) is 1. The molecule has 1 aromatic heterocycles. The van der Waals surface area contributed by atoms with Crippen LogP contribution in [-0.2, 0) is 0 Å².